The van der Waals surface area contributed by atoms with E-state index in [4.69, 9.17) is 4.74 Å². The van der Waals surface area contributed by atoms with Gasteiger partial charge in [0.25, 0.3) is 11.5 Å². The molecule has 4 aromatic rings. The minimum atomic E-state index is -0.399. The van der Waals surface area contributed by atoms with Gasteiger partial charge in [0, 0.05) is 10.2 Å². The molecule has 2 amide bonds. The molecule has 0 aliphatic rings. The predicted molar refractivity (Wildman–Crippen MR) is 137 cm³/mol. The maximum atomic E-state index is 13.1. The van der Waals surface area contributed by atoms with Crippen LogP contribution in [0.3, 0.4) is 0 Å². The molecule has 174 valence electrons. The topological polar surface area (TPSA) is 102 Å². The molecule has 34 heavy (non-hydrogen) atoms. The van der Waals surface area contributed by atoms with Crippen molar-refractivity contribution in [2.45, 2.75) is 20.4 Å². The van der Waals surface area contributed by atoms with Gasteiger partial charge in [-0.25, -0.2) is 4.98 Å². The van der Waals surface area contributed by atoms with Crippen LogP contribution in [0.1, 0.15) is 20.8 Å². The van der Waals surface area contributed by atoms with Gasteiger partial charge >= 0.3 is 0 Å². The molecule has 0 radical (unpaired) electrons. The SMILES string of the molecule is COc1ccccc1NC(=O)Cn1cnc2sc(C(=O)Nc3ccc(Br)cc3C)c(C)c2c1=O. The van der Waals surface area contributed by atoms with Gasteiger partial charge in [-0.3, -0.25) is 19.0 Å². The summed E-state index contributed by atoms with van der Waals surface area (Å²) in [6.07, 6.45) is 1.32. The monoisotopic (exact) mass is 540 g/mol. The Hall–Kier alpha value is -3.50. The van der Waals surface area contributed by atoms with Gasteiger partial charge in [0.15, 0.2) is 0 Å². The lowest BCUT2D eigenvalue weighted by molar-refractivity contribution is -0.116. The van der Waals surface area contributed by atoms with E-state index >= 15 is 0 Å². The van der Waals surface area contributed by atoms with Crippen LogP contribution in [0.4, 0.5) is 11.4 Å². The van der Waals surface area contributed by atoms with Crippen molar-refractivity contribution in [1.82, 2.24) is 9.55 Å². The molecule has 0 aliphatic heterocycles. The average molecular weight is 541 g/mol. The molecular weight excluding hydrogens is 520 g/mol. The summed E-state index contributed by atoms with van der Waals surface area (Å²) < 4.78 is 7.39. The number of thiophene rings is 1. The maximum absolute atomic E-state index is 13.1. The third kappa shape index (κ3) is 4.73. The molecular formula is C24H21BrN4O4S. The van der Waals surface area contributed by atoms with E-state index < -0.39 is 5.91 Å². The van der Waals surface area contributed by atoms with Gasteiger partial charge in [-0.05, 0) is 55.3 Å². The zero-order valence-corrected chi connectivity index (χ0v) is 21.0. The van der Waals surface area contributed by atoms with Crippen LogP contribution in [-0.4, -0.2) is 28.5 Å². The number of methoxy groups -OCH3 is 1. The lowest BCUT2D eigenvalue weighted by Crippen LogP contribution is -2.28. The summed E-state index contributed by atoms with van der Waals surface area (Å²) in [5.41, 5.74) is 2.24. The summed E-state index contributed by atoms with van der Waals surface area (Å²) in [5.74, 6) is -0.197. The molecule has 0 fully saturated rings. The first kappa shape index (κ1) is 23.7. The molecule has 2 heterocycles. The molecule has 2 aromatic heterocycles. The number of carbonyl (C=O) groups is 2. The van der Waals surface area contributed by atoms with Gasteiger partial charge in [-0.1, -0.05) is 28.1 Å². The van der Waals surface area contributed by atoms with Crippen LogP contribution in [0.25, 0.3) is 10.2 Å². The molecule has 0 atom stereocenters. The van der Waals surface area contributed by atoms with Crippen LogP contribution in [-0.2, 0) is 11.3 Å². The number of rotatable bonds is 6. The molecule has 0 saturated carbocycles. The molecule has 8 nitrogen and oxygen atoms in total. The highest BCUT2D eigenvalue weighted by Crippen LogP contribution is 2.29. The number of aryl methyl sites for hydroxylation is 2. The highest BCUT2D eigenvalue weighted by molar-refractivity contribution is 9.10. The highest BCUT2D eigenvalue weighted by Gasteiger charge is 2.21. The maximum Gasteiger partial charge on any atom is 0.266 e. The molecule has 0 bridgehead atoms. The fourth-order valence-electron chi connectivity index (χ4n) is 3.53. The summed E-state index contributed by atoms with van der Waals surface area (Å²) >= 11 is 4.56. The number of fused-ring (bicyclic) bond motifs is 1. The van der Waals surface area contributed by atoms with Gasteiger partial charge in [-0.2, -0.15) is 0 Å². The number of nitrogens with one attached hydrogen (secondary N) is 2. The number of hydrogen-bond acceptors (Lipinski definition) is 6. The highest BCUT2D eigenvalue weighted by atomic mass is 79.9. The standard InChI is InChI=1S/C24H21BrN4O4S/c1-13-10-15(25)8-9-16(13)28-22(31)21-14(2)20-23(34-21)26-12-29(24(20)32)11-19(30)27-17-6-4-5-7-18(17)33-3/h4-10,12H,11H2,1-3H3,(H,27,30)(H,28,31). The number of benzene rings is 2. The van der Waals surface area contributed by atoms with E-state index in [2.05, 4.69) is 31.5 Å². The lowest BCUT2D eigenvalue weighted by atomic mass is 10.2. The second-order valence-electron chi connectivity index (χ2n) is 7.58. The smallest absolute Gasteiger partial charge is 0.266 e. The number of halogens is 1. The summed E-state index contributed by atoms with van der Waals surface area (Å²) in [6.45, 7) is 3.38. The van der Waals surface area contributed by atoms with E-state index in [0.29, 0.717) is 37.8 Å². The molecule has 0 unspecified atom stereocenters. The number of nitrogens with zero attached hydrogens (tertiary/aromatic N) is 2. The number of anilines is 2. The van der Waals surface area contributed by atoms with Crippen LogP contribution in [0.15, 0.2) is 58.1 Å². The van der Waals surface area contributed by atoms with Gasteiger partial charge < -0.3 is 15.4 Å². The molecule has 2 aromatic carbocycles. The number of para-hydroxylation sites is 2. The van der Waals surface area contributed by atoms with Crippen LogP contribution in [0.5, 0.6) is 5.75 Å². The first-order valence-electron chi connectivity index (χ1n) is 10.3. The molecule has 4 rings (SSSR count). The summed E-state index contributed by atoms with van der Waals surface area (Å²) in [4.78, 5) is 43.8. The van der Waals surface area contributed by atoms with E-state index in [1.807, 2.05) is 25.1 Å². The van der Waals surface area contributed by atoms with E-state index in [1.54, 1.807) is 31.2 Å². The van der Waals surface area contributed by atoms with Crippen molar-refractivity contribution in [3.63, 3.8) is 0 Å². The van der Waals surface area contributed by atoms with E-state index in [-0.39, 0.29) is 18.0 Å². The quantitative estimate of drug-likeness (QED) is 0.367. The molecule has 0 aliphatic carbocycles. The van der Waals surface area contributed by atoms with Gasteiger partial charge in [0.05, 0.1) is 29.4 Å². The number of aromatic nitrogens is 2. The van der Waals surface area contributed by atoms with Crippen molar-refractivity contribution in [3.8, 4) is 5.75 Å². The van der Waals surface area contributed by atoms with Crippen molar-refractivity contribution in [2.75, 3.05) is 17.7 Å². The third-order valence-electron chi connectivity index (χ3n) is 5.26. The molecule has 0 saturated heterocycles. The van der Waals surface area contributed by atoms with Gasteiger partial charge in [0.2, 0.25) is 5.91 Å². The Bertz CT molecular complexity index is 1480. The number of carbonyl (C=O) groups excluding carboxylic acids is 2. The molecule has 2 N–H and O–H groups in total. The van der Waals surface area contributed by atoms with Crippen molar-refractivity contribution in [3.05, 3.63) is 79.6 Å². The zero-order chi connectivity index (χ0) is 24.4. The van der Waals surface area contributed by atoms with Crippen LogP contribution in [0, 0.1) is 13.8 Å². The fourth-order valence-corrected chi connectivity index (χ4v) is 5.04. The van der Waals surface area contributed by atoms with Crippen molar-refractivity contribution >= 4 is 60.7 Å². The van der Waals surface area contributed by atoms with E-state index in [1.165, 1.54) is 18.0 Å². The largest absolute Gasteiger partial charge is 0.495 e. The first-order chi connectivity index (χ1) is 16.3. The first-order valence-corrected chi connectivity index (χ1v) is 11.9. The third-order valence-corrected chi connectivity index (χ3v) is 6.95. The van der Waals surface area contributed by atoms with Crippen LogP contribution >= 0.6 is 27.3 Å². The molecule has 0 spiro atoms. The summed E-state index contributed by atoms with van der Waals surface area (Å²) in [5, 5.41) is 5.97. The number of hydrogen-bond donors (Lipinski definition) is 2. The minimum absolute atomic E-state index is 0.227. The van der Waals surface area contributed by atoms with Gasteiger partial charge in [-0.15, -0.1) is 11.3 Å². The van der Waals surface area contributed by atoms with Crippen LogP contribution in [0.2, 0.25) is 0 Å². The number of ether oxygens (including phenoxy) is 1. The van der Waals surface area contributed by atoms with Gasteiger partial charge in [0.1, 0.15) is 17.1 Å². The Morgan fingerprint density at radius 3 is 2.62 bits per heavy atom. The lowest BCUT2D eigenvalue weighted by Gasteiger charge is -2.10. The second-order valence-corrected chi connectivity index (χ2v) is 9.49. The Balaban J connectivity index is 1.59. The molecule has 10 heteroatoms. The second kappa shape index (κ2) is 9.78. The van der Waals surface area contributed by atoms with Crippen molar-refractivity contribution < 1.29 is 14.3 Å². The Labute approximate surface area is 207 Å². The fraction of sp³-hybridized carbons (Fsp3) is 0.167. The zero-order valence-electron chi connectivity index (χ0n) is 18.6. The van der Waals surface area contributed by atoms with Crippen LogP contribution < -0.4 is 20.9 Å². The average Bonchev–Trinajstić information content (AvgIpc) is 3.15. The minimum Gasteiger partial charge on any atom is -0.495 e. The Kier molecular flexibility index (Phi) is 6.80. The van der Waals surface area contributed by atoms with Crippen molar-refractivity contribution in [2.24, 2.45) is 0 Å². The van der Waals surface area contributed by atoms with Crippen molar-refractivity contribution in [1.29, 1.82) is 0 Å². The Morgan fingerprint density at radius 2 is 1.88 bits per heavy atom. The van der Waals surface area contributed by atoms with E-state index in [9.17, 15) is 14.4 Å². The predicted octanol–water partition coefficient (Wildman–Crippen LogP) is 4.74. The van der Waals surface area contributed by atoms with E-state index in [0.717, 1.165) is 21.4 Å². The number of amides is 2. The summed E-state index contributed by atoms with van der Waals surface area (Å²) in [7, 11) is 1.51. The summed E-state index contributed by atoms with van der Waals surface area (Å²) in [6, 6.07) is 12.6. The normalized spacial score (nSPS) is 10.8. The Morgan fingerprint density at radius 1 is 1.12 bits per heavy atom.